The number of aromatic nitrogens is 1. The molecule has 110 valence electrons. The monoisotopic (exact) mass is 303 g/mol. The van der Waals surface area contributed by atoms with Crippen molar-refractivity contribution in [1.82, 2.24) is 9.88 Å². The van der Waals surface area contributed by atoms with E-state index in [9.17, 15) is 4.79 Å². The molecule has 0 spiro atoms. The van der Waals surface area contributed by atoms with Gasteiger partial charge in [0.15, 0.2) is 6.29 Å². The van der Waals surface area contributed by atoms with Gasteiger partial charge >= 0.3 is 0 Å². The molecule has 5 heteroatoms. The van der Waals surface area contributed by atoms with Crippen LogP contribution in [0.15, 0.2) is 36.5 Å². The SMILES string of the molecule is O=Cc1cc(CN2CCN(c3ccc(Cl)cc3)CC2)c[nH]1. The number of benzene rings is 1. The van der Waals surface area contributed by atoms with E-state index < -0.39 is 0 Å². The minimum absolute atomic E-state index is 0.643. The third kappa shape index (κ3) is 3.46. The van der Waals surface area contributed by atoms with Gasteiger partial charge < -0.3 is 9.88 Å². The molecule has 1 aliphatic heterocycles. The summed E-state index contributed by atoms with van der Waals surface area (Å²) >= 11 is 5.92. The van der Waals surface area contributed by atoms with Crippen LogP contribution in [0.2, 0.25) is 5.02 Å². The van der Waals surface area contributed by atoms with E-state index in [1.807, 2.05) is 24.4 Å². The second kappa shape index (κ2) is 6.33. The molecule has 1 N–H and O–H groups in total. The molecule has 1 aromatic carbocycles. The number of hydrogen-bond donors (Lipinski definition) is 1. The van der Waals surface area contributed by atoms with Gasteiger partial charge in [0, 0.05) is 49.6 Å². The quantitative estimate of drug-likeness (QED) is 0.883. The number of anilines is 1. The fourth-order valence-electron chi connectivity index (χ4n) is 2.69. The Bertz CT molecular complexity index is 600. The first kappa shape index (κ1) is 14.2. The Kier molecular flexibility index (Phi) is 4.27. The van der Waals surface area contributed by atoms with Crippen LogP contribution in [0.25, 0.3) is 0 Å². The van der Waals surface area contributed by atoms with Crippen LogP contribution in [0.3, 0.4) is 0 Å². The van der Waals surface area contributed by atoms with Crippen LogP contribution in [0.4, 0.5) is 5.69 Å². The number of aromatic amines is 1. The molecule has 0 saturated carbocycles. The summed E-state index contributed by atoms with van der Waals surface area (Å²) in [7, 11) is 0. The molecule has 3 rings (SSSR count). The number of nitrogens with zero attached hydrogens (tertiary/aromatic N) is 2. The maximum atomic E-state index is 10.7. The fourth-order valence-corrected chi connectivity index (χ4v) is 2.82. The normalized spacial score (nSPS) is 16.1. The summed E-state index contributed by atoms with van der Waals surface area (Å²) in [6, 6.07) is 9.92. The summed E-state index contributed by atoms with van der Waals surface area (Å²) in [4.78, 5) is 18.4. The highest BCUT2D eigenvalue weighted by atomic mass is 35.5. The van der Waals surface area contributed by atoms with Crippen molar-refractivity contribution in [2.24, 2.45) is 0 Å². The number of H-pyrrole nitrogens is 1. The number of halogens is 1. The average molecular weight is 304 g/mol. The molecule has 1 fully saturated rings. The summed E-state index contributed by atoms with van der Waals surface area (Å²) in [5.41, 5.74) is 3.03. The molecular weight excluding hydrogens is 286 g/mol. The Morgan fingerprint density at radius 3 is 2.48 bits per heavy atom. The van der Waals surface area contributed by atoms with E-state index in [2.05, 4.69) is 26.9 Å². The highest BCUT2D eigenvalue weighted by Crippen LogP contribution is 2.20. The van der Waals surface area contributed by atoms with Gasteiger partial charge in [0.25, 0.3) is 0 Å². The minimum Gasteiger partial charge on any atom is -0.369 e. The molecule has 4 nitrogen and oxygen atoms in total. The molecule has 2 aromatic rings. The molecular formula is C16H18ClN3O. The fraction of sp³-hybridized carbons (Fsp3) is 0.312. The zero-order valence-electron chi connectivity index (χ0n) is 11.8. The molecule has 21 heavy (non-hydrogen) atoms. The number of rotatable bonds is 4. The zero-order chi connectivity index (χ0) is 14.7. The van der Waals surface area contributed by atoms with Gasteiger partial charge in [-0.1, -0.05) is 11.6 Å². The summed E-state index contributed by atoms with van der Waals surface area (Å²) in [5, 5.41) is 0.774. The molecule has 0 unspecified atom stereocenters. The largest absolute Gasteiger partial charge is 0.369 e. The van der Waals surface area contributed by atoms with Crippen molar-refractivity contribution in [3.05, 3.63) is 52.8 Å². The number of carbonyl (C=O) groups excluding carboxylic acids is 1. The van der Waals surface area contributed by atoms with Gasteiger partial charge in [-0.3, -0.25) is 9.69 Å². The topological polar surface area (TPSA) is 39.3 Å². The van der Waals surface area contributed by atoms with Crippen molar-refractivity contribution in [3.8, 4) is 0 Å². The van der Waals surface area contributed by atoms with Crippen molar-refractivity contribution in [1.29, 1.82) is 0 Å². The van der Waals surface area contributed by atoms with Crippen molar-refractivity contribution in [2.45, 2.75) is 6.54 Å². The Balaban J connectivity index is 1.55. The van der Waals surface area contributed by atoms with Crippen molar-refractivity contribution >= 4 is 23.6 Å². The number of piperazine rings is 1. The lowest BCUT2D eigenvalue weighted by molar-refractivity contribution is 0.111. The summed E-state index contributed by atoms with van der Waals surface area (Å²) < 4.78 is 0. The second-order valence-corrected chi connectivity index (χ2v) is 5.76. The van der Waals surface area contributed by atoms with Crippen molar-refractivity contribution < 1.29 is 4.79 Å². The highest BCUT2D eigenvalue weighted by Gasteiger charge is 2.17. The molecule has 1 aromatic heterocycles. The molecule has 1 aliphatic rings. The van der Waals surface area contributed by atoms with Crippen molar-refractivity contribution in [3.63, 3.8) is 0 Å². The van der Waals surface area contributed by atoms with E-state index >= 15 is 0 Å². The Morgan fingerprint density at radius 2 is 1.86 bits per heavy atom. The third-order valence-electron chi connectivity index (χ3n) is 3.86. The lowest BCUT2D eigenvalue weighted by Crippen LogP contribution is -2.45. The predicted molar refractivity (Wildman–Crippen MR) is 85.1 cm³/mol. The standard InChI is InChI=1S/C16H18ClN3O/c17-14-1-3-16(4-2-14)20-7-5-19(6-8-20)11-13-9-15(12-21)18-10-13/h1-4,9-10,12,18H,5-8,11H2. The van der Waals surface area contributed by atoms with E-state index in [0.717, 1.165) is 49.6 Å². The van der Waals surface area contributed by atoms with Gasteiger partial charge in [-0.05, 0) is 35.9 Å². The van der Waals surface area contributed by atoms with Gasteiger partial charge in [-0.2, -0.15) is 0 Å². The minimum atomic E-state index is 0.643. The Hall–Kier alpha value is -1.78. The van der Waals surface area contributed by atoms with Gasteiger partial charge in [-0.15, -0.1) is 0 Å². The van der Waals surface area contributed by atoms with Gasteiger partial charge in [0.2, 0.25) is 0 Å². The van der Waals surface area contributed by atoms with Gasteiger partial charge in [0.1, 0.15) is 0 Å². The highest BCUT2D eigenvalue weighted by molar-refractivity contribution is 6.30. The Morgan fingerprint density at radius 1 is 1.14 bits per heavy atom. The number of carbonyl (C=O) groups is 1. The van der Waals surface area contributed by atoms with Gasteiger partial charge in [-0.25, -0.2) is 0 Å². The predicted octanol–water partition coefficient (Wildman–Crippen LogP) is 2.80. The average Bonchev–Trinajstić information content (AvgIpc) is 2.97. The zero-order valence-corrected chi connectivity index (χ0v) is 12.5. The van der Waals surface area contributed by atoms with E-state index in [1.54, 1.807) is 0 Å². The van der Waals surface area contributed by atoms with Crippen LogP contribution >= 0.6 is 11.6 Å². The first-order chi connectivity index (χ1) is 10.2. The summed E-state index contributed by atoms with van der Waals surface area (Å²) in [5.74, 6) is 0. The van der Waals surface area contributed by atoms with Crippen LogP contribution < -0.4 is 4.90 Å². The van der Waals surface area contributed by atoms with Crippen LogP contribution in [0.5, 0.6) is 0 Å². The molecule has 0 amide bonds. The molecule has 2 heterocycles. The lowest BCUT2D eigenvalue weighted by Gasteiger charge is -2.36. The second-order valence-electron chi connectivity index (χ2n) is 5.32. The summed E-state index contributed by atoms with van der Waals surface area (Å²) in [6.45, 7) is 4.94. The van der Waals surface area contributed by atoms with Gasteiger partial charge in [0.05, 0.1) is 5.69 Å². The van der Waals surface area contributed by atoms with Crippen LogP contribution in [0.1, 0.15) is 16.1 Å². The lowest BCUT2D eigenvalue weighted by atomic mass is 10.2. The molecule has 1 saturated heterocycles. The number of hydrogen-bond acceptors (Lipinski definition) is 3. The van der Waals surface area contributed by atoms with E-state index in [1.165, 1.54) is 5.69 Å². The van der Waals surface area contributed by atoms with Crippen LogP contribution in [-0.2, 0) is 6.54 Å². The first-order valence-electron chi connectivity index (χ1n) is 7.10. The molecule has 0 radical (unpaired) electrons. The maximum Gasteiger partial charge on any atom is 0.166 e. The summed E-state index contributed by atoms with van der Waals surface area (Å²) in [6.07, 6.45) is 2.76. The van der Waals surface area contributed by atoms with Crippen LogP contribution in [-0.4, -0.2) is 42.3 Å². The van der Waals surface area contributed by atoms with E-state index in [-0.39, 0.29) is 0 Å². The van der Waals surface area contributed by atoms with Crippen molar-refractivity contribution in [2.75, 3.05) is 31.1 Å². The Labute approximate surface area is 129 Å². The first-order valence-corrected chi connectivity index (χ1v) is 7.48. The maximum absolute atomic E-state index is 10.7. The molecule has 0 bridgehead atoms. The number of nitrogens with one attached hydrogen (secondary N) is 1. The smallest absolute Gasteiger partial charge is 0.166 e. The van der Waals surface area contributed by atoms with Crippen LogP contribution in [0, 0.1) is 0 Å². The van der Waals surface area contributed by atoms with E-state index in [4.69, 9.17) is 11.6 Å². The molecule has 0 atom stereocenters. The third-order valence-corrected chi connectivity index (χ3v) is 4.11. The number of aldehydes is 1. The molecule has 0 aliphatic carbocycles. The van der Waals surface area contributed by atoms with E-state index in [0.29, 0.717) is 5.69 Å².